The van der Waals surface area contributed by atoms with E-state index in [1.807, 2.05) is 85.5 Å². The third-order valence-corrected chi connectivity index (χ3v) is 23.7. The molecule has 5 aromatic carbocycles. The summed E-state index contributed by atoms with van der Waals surface area (Å²) >= 11 is 29.9. The zero-order chi connectivity index (χ0) is 79.1. The van der Waals surface area contributed by atoms with Crippen LogP contribution in [-0.4, -0.2) is 80.7 Å². The van der Waals surface area contributed by atoms with Gasteiger partial charge in [-0.25, -0.2) is 17.6 Å². The number of hydrogen-bond acceptors (Lipinski definition) is 25. The van der Waals surface area contributed by atoms with Crippen LogP contribution in [0.5, 0.6) is 40.2 Å². The number of nitro groups is 2. The Morgan fingerprint density at radius 2 is 0.923 bits per heavy atom. The predicted molar refractivity (Wildman–Crippen MR) is 482 cm³/mol. The topological polar surface area (TPSA) is 303 Å². The van der Waals surface area contributed by atoms with Crippen molar-refractivity contribution in [3.8, 4) is 40.2 Å². The summed E-state index contributed by atoms with van der Waals surface area (Å²) in [6.07, 6.45) is 14.5. The van der Waals surface area contributed by atoms with Crippen molar-refractivity contribution >= 4 is 218 Å². The number of thiophene rings is 5. The molecular weight excluding hydrogens is 1770 g/mol. The van der Waals surface area contributed by atoms with Gasteiger partial charge in [0.15, 0.2) is 51.4 Å². The van der Waals surface area contributed by atoms with Crippen molar-refractivity contribution in [2.75, 3.05) is 29.8 Å². The number of aromatic hydroxyl groups is 1. The fourth-order valence-electron chi connectivity index (χ4n) is 9.12. The average molecular weight is 1850 g/mol. The molecule has 15 aromatic rings. The van der Waals surface area contributed by atoms with Gasteiger partial charge in [0.05, 0.1) is 102 Å². The van der Waals surface area contributed by atoms with E-state index in [0.29, 0.717) is 34.7 Å². The smallest absolute Gasteiger partial charge is 0.300 e. The Bertz CT molecular complexity index is 5790. The van der Waals surface area contributed by atoms with E-state index in [1.54, 1.807) is 148 Å². The number of carbonyl (C=O) groups is 2. The van der Waals surface area contributed by atoms with Gasteiger partial charge >= 0.3 is 0 Å². The third-order valence-electron chi connectivity index (χ3n) is 14.0. The Balaban J connectivity index is 0.000000484. The van der Waals surface area contributed by atoms with Gasteiger partial charge in [0, 0.05) is 114 Å². The van der Waals surface area contributed by atoms with Gasteiger partial charge in [-0.05, 0) is 128 Å². The average Bonchev–Trinajstić information content (AvgIpc) is 1.71. The molecule has 0 bridgehead atoms. The van der Waals surface area contributed by atoms with Gasteiger partial charge in [-0.3, -0.25) is 54.7 Å². The van der Waals surface area contributed by atoms with Crippen LogP contribution in [0.1, 0.15) is 61.9 Å². The summed E-state index contributed by atoms with van der Waals surface area (Å²) in [5.41, 5.74) is 10.9. The summed E-state index contributed by atoms with van der Waals surface area (Å²) in [6.45, 7) is 3.07. The summed E-state index contributed by atoms with van der Waals surface area (Å²) in [5, 5.41) is 45.8. The molecule has 0 radical (unpaired) electrons. The number of nitrogen functional groups attached to an aromatic ring is 1. The Hall–Kier alpha value is -9.85. The molecule has 0 fully saturated rings. The molecule has 0 saturated carbocycles. The minimum absolute atomic E-state index is 0. The largest absolute Gasteiger partial charge is 0.505 e. The van der Waals surface area contributed by atoms with E-state index in [1.165, 1.54) is 51.9 Å². The fraction of sp³-hybridized carbons (Fsp3) is 0.150. The number of non-ortho nitro benzene ring substituents is 2. The number of nitrogens with two attached hydrogens (primary N) is 1. The van der Waals surface area contributed by atoms with E-state index in [9.17, 15) is 42.6 Å². The quantitative estimate of drug-likeness (QED) is 0.0128. The maximum Gasteiger partial charge on any atom is 0.300 e. The molecule has 0 aliphatic heterocycles. The minimum atomic E-state index is -0.987. The maximum atomic E-state index is 14.6. The van der Waals surface area contributed by atoms with Crippen molar-refractivity contribution in [1.82, 2.24) is 30.2 Å². The van der Waals surface area contributed by atoms with Crippen LogP contribution in [-0.2, 0) is 33.1 Å². The molecule has 21 nitrogen and oxygen atoms in total. The third kappa shape index (κ3) is 29.9. The van der Waals surface area contributed by atoms with Crippen LogP contribution in [0, 0.1) is 50.4 Å². The van der Waals surface area contributed by atoms with Crippen molar-refractivity contribution in [3.05, 3.63) is 264 Å². The first-order valence-electron chi connectivity index (χ1n) is 31.3. The van der Waals surface area contributed by atoms with E-state index in [-0.39, 0.29) is 108 Å². The molecule has 0 spiro atoms. The Morgan fingerprint density at radius 3 is 1.37 bits per heavy atom. The second kappa shape index (κ2) is 50.0. The van der Waals surface area contributed by atoms with E-state index in [0.717, 1.165) is 105 Å². The summed E-state index contributed by atoms with van der Waals surface area (Å²) in [6, 6.07) is 42.7. The summed E-state index contributed by atoms with van der Waals surface area (Å²) in [5.74, 6) is -2.66. The first kappa shape index (κ1) is 103. The van der Waals surface area contributed by atoms with Crippen molar-refractivity contribution < 1.29 is 78.5 Å². The van der Waals surface area contributed by atoms with Crippen LogP contribution in [0.3, 0.4) is 0 Å². The number of thioether (sulfide) groups is 3. The standard InChI is InChI=1S/C23H18FN3O2S2.C14H9FN2O3S2.C14H11FN2OS2.C8H6ClNS2.C7H4ClNS.C6H4FNO3.C2H4O2.6CH4.Fe/c1-14-11-18-22(31-14)20(9-10-25-18)29-19-8-7-16(13-17(19)24)26-23(30)27-21(28)12-15-5-3-2-4-6-15;1-21-13-7-10-14(22-13)12(4-5-16-10)20-11-3-2-8(17(18)19)6-9(11)15;1-19-13-7-10-14(20-13)12(4-5-17-10)18-11-3-2-8(16)6-9(11)15;1-11-7-4-6-8(12-7)5(9)2-3-10-6;8-5-1-3-9-6-2-4-10-7(5)6;7-5-3-4(8(10)11)1-2-6(5)9;1-2(3)4;;;;;;;/h2-11,13H,12H2,1H3,(H2,26,27,28,30);2-7H,1H3;2-7H,16H2,1H3;2-4H,1H3;1-4H;1-3,9H;1H3,(H,3,4);6*1H4;. The molecule has 10 aromatic heterocycles. The summed E-state index contributed by atoms with van der Waals surface area (Å²) in [4.78, 5) is 62.7. The normalized spacial score (nSPS) is 9.84. The van der Waals surface area contributed by atoms with E-state index in [4.69, 9.17) is 70.4 Å². The number of anilines is 2. The van der Waals surface area contributed by atoms with Crippen LogP contribution in [0.25, 0.3) is 51.1 Å². The molecular formula is C80H80Cl2F4FeN10O11S9. The first-order chi connectivity index (χ1) is 52.8. The number of thiocarbonyl (C=S) groups is 1. The number of pyridine rings is 5. The van der Waals surface area contributed by atoms with Gasteiger partial charge in [0.2, 0.25) is 5.91 Å². The first-order valence-corrected chi connectivity index (χ1v) is 40.3. The Labute approximate surface area is 732 Å². The molecule has 6 N–H and O–H groups in total. The number of aromatic nitrogens is 5. The Morgan fingerprint density at radius 1 is 0.521 bits per heavy atom. The number of aryl methyl sites for hydroxylation is 1. The van der Waals surface area contributed by atoms with Crippen molar-refractivity contribution in [2.24, 2.45) is 0 Å². The molecule has 0 aliphatic rings. The molecule has 1 amide bonds. The number of carboxylic acid groups (broad SMARTS) is 1. The molecule has 15 rings (SSSR count). The van der Waals surface area contributed by atoms with Gasteiger partial charge in [-0.15, -0.1) is 92.0 Å². The van der Waals surface area contributed by atoms with Crippen LogP contribution >= 0.6 is 127 Å². The van der Waals surface area contributed by atoms with Crippen LogP contribution in [0.4, 0.5) is 40.3 Å². The van der Waals surface area contributed by atoms with E-state index < -0.39 is 44.8 Å². The number of amides is 1. The van der Waals surface area contributed by atoms with Crippen LogP contribution in [0.15, 0.2) is 213 Å². The summed E-state index contributed by atoms with van der Waals surface area (Å²) < 4.78 is 80.0. The zero-order valence-electron chi connectivity index (χ0n) is 57.8. The summed E-state index contributed by atoms with van der Waals surface area (Å²) in [7, 11) is 0. The van der Waals surface area contributed by atoms with Gasteiger partial charge in [-0.2, -0.15) is 0 Å². The number of nitrogens with one attached hydrogen (secondary N) is 2. The number of nitro benzene ring substituents is 2. The molecule has 620 valence electrons. The van der Waals surface area contributed by atoms with Gasteiger partial charge in [0.25, 0.3) is 17.3 Å². The number of aliphatic carboxylic acids is 1. The number of ether oxygens (including phenoxy) is 3. The number of fused-ring (bicyclic) bond motifs is 5. The fourth-order valence-corrected chi connectivity index (χ4v) is 16.4. The van der Waals surface area contributed by atoms with Crippen molar-refractivity contribution in [1.29, 1.82) is 0 Å². The number of nitrogens with zero attached hydrogens (tertiary/aromatic N) is 7. The molecule has 0 saturated heterocycles. The number of hydrogen-bond donors (Lipinski definition) is 5. The molecule has 0 atom stereocenters. The van der Waals surface area contributed by atoms with Crippen molar-refractivity contribution in [3.63, 3.8) is 0 Å². The SMILES string of the molecule is C.C.C.C.C.C.CC(=O)O.CSc1cc2nccc(Cl)c2s1.CSc1cc2nccc(Oc3ccc(N)cc3F)c2s1.CSc1cc2nccc(Oc3ccc([N+](=O)[O-])cc3F)c2s1.Cc1cc2nccc(Oc3ccc(NC(=S)NC(=O)Cc4ccccc4)cc3F)c2s1.Clc1ccnc2ccsc12.O=[N+]([O-])c1ccc(O)c(F)c1.[Fe]. The van der Waals surface area contributed by atoms with Gasteiger partial charge in [-0.1, -0.05) is 98.1 Å². The van der Waals surface area contributed by atoms with Gasteiger partial charge < -0.3 is 40.8 Å². The van der Waals surface area contributed by atoms with E-state index in [2.05, 4.69) is 47.9 Å². The number of halogens is 6. The minimum Gasteiger partial charge on any atom is -0.505 e. The number of carboxylic acids is 1. The second-order valence-corrected chi connectivity index (χ2v) is 31.6. The maximum absolute atomic E-state index is 14.6. The number of benzene rings is 5. The number of carbonyl (C=O) groups excluding carboxylic acids is 1. The van der Waals surface area contributed by atoms with Gasteiger partial charge in [0.1, 0.15) is 17.2 Å². The number of rotatable bonds is 14. The number of phenolic OH excluding ortho intramolecular Hbond substituents is 1. The van der Waals surface area contributed by atoms with Crippen LogP contribution < -0.4 is 30.6 Å². The second-order valence-electron chi connectivity index (χ2n) is 21.8. The predicted octanol–water partition coefficient (Wildman–Crippen LogP) is 26.9. The Kier molecular flexibility index (Phi) is 44.1. The van der Waals surface area contributed by atoms with E-state index >= 15 is 0 Å². The molecule has 0 unspecified atom stereocenters. The monoisotopic (exact) mass is 1850 g/mol. The number of phenols is 1. The van der Waals surface area contributed by atoms with Crippen molar-refractivity contribution in [2.45, 2.75) is 77.5 Å². The molecule has 117 heavy (non-hydrogen) atoms. The molecule has 37 heteroatoms. The molecule has 10 heterocycles. The molecule has 0 aliphatic carbocycles. The zero-order valence-corrected chi connectivity index (χ0v) is 67.8. The van der Waals surface area contributed by atoms with Crippen LogP contribution in [0.2, 0.25) is 10.0 Å².